The third-order valence-corrected chi connectivity index (χ3v) is 9.54. The molecular weight excluding hydrogens is 372 g/mol. The summed E-state index contributed by atoms with van der Waals surface area (Å²) in [4.78, 5) is 13.5. The van der Waals surface area contributed by atoms with Gasteiger partial charge in [-0.2, -0.15) is 0 Å². The van der Waals surface area contributed by atoms with Crippen molar-refractivity contribution in [2.75, 3.05) is 6.61 Å². The number of hydrogen-bond donors (Lipinski definition) is 2. The third kappa shape index (κ3) is 3.62. The quantitative estimate of drug-likeness (QED) is 0.593. The summed E-state index contributed by atoms with van der Waals surface area (Å²) in [6.45, 7) is 8.20. The molecule has 4 aliphatic rings. The molecule has 0 radical (unpaired) electrons. The molecule has 0 aromatic carbocycles. The first kappa shape index (κ1) is 17.8. The fraction of sp³-hybridized carbons (Fsp3) is 0.889. The van der Waals surface area contributed by atoms with E-state index in [4.69, 9.17) is 5.48 Å². The van der Waals surface area contributed by atoms with Gasteiger partial charge in [0.25, 0.3) is 0 Å². The van der Waals surface area contributed by atoms with Crippen LogP contribution in [0.4, 0.5) is 0 Å². The third-order valence-electron chi connectivity index (χ3n) is 9.54. The van der Waals surface area contributed by atoms with Gasteiger partial charge in [-0.05, 0) is 97.8 Å². The molecule has 2 N–H and O–H groups in total. The lowest BCUT2D eigenvalue weighted by Crippen LogP contribution is -2.53. The van der Waals surface area contributed by atoms with Gasteiger partial charge in [0.15, 0.2) is 5.78 Å². The van der Waals surface area contributed by atoms with E-state index in [2.05, 4.69) is 13.8 Å². The maximum atomic E-state index is 13.5. The minimum Gasteiger partial charge on any atom is -0.396 e. The van der Waals surface area contributed by atoms with Crippen LogP contribution in [0.5, 0.6) is 0 Å². The maximum Gasteiger partial charge on any atom is 0.159 e. The van der Waals surface area contributed by atoms with Gasteiger partial charge in [0.05, 0.1) is 6.10 Å². The SMILES string of the molecule is [2H]C1([2H])C[C@@H]2[C@@H]3C(=O)C=C4C[C@@H](O)CC[C@@]4(C)[C@@H]3CC[C@@]2(C)[C@@H]1[C@H](C)C([2H])([2H])CCC(C)CO. The van der Waals surface area contributed by atoms with Crippen molar-refractivity contribution in [2.24, 2.45) is 46.3 Å². The standard InChI is InChI=1S/C27H44O3/c1-17(16-28)6-5-7-18(2)21-8-9-22-25-23(11-13-27(21,22)4)26(3)12-10-20(29)14-19(26)15-24(25)30/h15,17-18,20-23,25,28-29H,5-14,16H2,1-4H3/t17?,18-,20+,21+,22-,23-,25+,26-,27+/m1/s1/i7D2,8D2. The minimum atomic E-state index is -1.54. The first-order valence-corrected chi connectivity index (χ1v) is 12.2. The number of aliphatic hydroxyl groups excluding tert-OH is 2. The van der Waals surface area contributed by atoms with Crippen LogP contribution in [-0.2, 0) is 4.79 Å². The molecule has 1 unspecified atom stereocenters. The Balaban J connectivity index is 1.66. The van der Waals surface area contributed by atoms with E-state index in [1.165, 1.54) is 0 Å². The van der Waals surface area contributed by atoms with Gasteiger partial charge in [0, 0.05) is 18.0 Å². The first-order valence-electron chi connectivity index (χ1n) is 14.2. The molecule has 0 aromatic heterocycles. The molecule has 0 aromatic rings. The monoisotopic (exact) mass is 420 g/mol. The van der Waals surface area contributed by atoms with Crippen LogP contribution in [0.3, 0.4) is 0 Å². The highest BCUT2D eigenvalue weighted by atomic mass is 16.3. The van der Waals surface area contributed by atoms with Gasteiger partial charge in [0.2, 0.25) is 0 Å². The predicted molar refractivity (Wildman–Crippen MR) is 121 cm³/mol. The van der Waals surface area contributed by atoms with Gasteiger partial charge in [-0.3, -0.25) is 4.79 Å². The lowest BCUT2D eigenvalue weighted by Gasteiger charge is -2.57. The van der Waals surface area contributed by atoms with Crippen molar-refractivity contribution in [3.05, 3.63) is 11.6 Å². The highest BCUT2D eigenvalue weighted by molar-refractivity contribution is 5.94. The Hall–Kier alpha value is -0.670. The molecule has 0 spiro atoms. The fourth-order valence-corrected chi connectivity index (χ4v) is 7.51. The van der Waals surface area contributed by atoms with Crippen LogP contribution in [0.1, 0.15) is 97.3 Å². The van der Waals surface area contributed by atoms with Gasteiger partial charge in [-0.25, -0.2) is 0 Å². The lowest BCUT2D eigenvalue weighted by atomic mass is 9.46. The number of allylic oxidation sites excluding steroid dienone is 1. The Morgan fingerprint density at radius 1 is 1.23 bits per heavy atom. The van der Waals surface area contributed by atoms with E-state index in [9.17, 15) is 15.0 Å². The summed E-state index contributed by atoms with van der Waals surface area (Å²) in [6, 6.07) is 0. The molecule has 0 aliphatic heterocycles. The van der Waals surface area contributed by atoms with Gasteiger partial charge < -0.3 is 10.2 Å². The second-order valence-corrected chi connectivity index (χ2v) is 11.4. The topological polar surface area (TPSA) is 57.5 Å². The molecule has 3 fully saturated rings. The van der Waals surface area contributed by atoms with Crippen molar-refractivity contribution in [3.63, 3.8) is 0 Å². The Morgan fingerprint density at radius 3 is 2.73 bits per heavy atom. The normalized spacial score (nSPS) is 49.3. The lowest BCUT2D eigenvalue weighted by molar-refractivity contribution is -0.135. The van der Waals surface area contributed by atoms with Crippen LogP contribution in [0, 0.1) is 46.3 Å². The number of rotatable bonds is 6. The van der Waals surface area contributed by atoms with E-state index in [1.807, 2.05) is 13.8 Å². The molecule has 0 bridgehead atoms. The molecule has 3 heteroatoms. The van der Waals surface area contributed by atoms with E-state index >= 15 is 0 Å². The number of aliphatic hydroxyl groups is 2. The van der Waals surface area contributed by atoms with Crippen LogP contribution in [0.15, 0.2) is 11.6 Å². The van der Waals surface area contributed by atoms with E-state index in [1.54, 1.807) is 6.08 Å². The van der Waals surface area contributed by atoms with Crippen molar-refractivity contribution >= 4 is 5.78 Å². The number of carbonyl (C=O) groups is 1. The molecule has 4 aliphatic carbocycles. The summed E-state index contributed by atoms with van der Waals surface area (Å²) in [7, 11) is 0. The smallest absolute Gasteiger partial charge is 0.159 e. The second-order valence-electron chi connectivity index (χ2n) is 11.4. The Kier molecular flexibility index (Phi) is 4.97. The fourth-order valence-electron chi connectivity index (χ4n) is 7.51. The zero-order valence-electron chi connectivity index (χ0n) is 23.3. The van der Waals surface area contributed by atoms with E-state index in [-0.39, 0.29) is 47.6 Å². The van der Waals surface area contributed by atoms with Gasteiger partial charge in [-0.15, -0.1) is 0 Å². The Bertz CT molecular complexity index is 842. The number of ketones is 1. The first-order chi connectivity index (χ1) is 15.7. The summed E-state index contributed by atoms with van der Waals surface area (Å²) in [5.74, 6) is -0.930. The van der Waals surface area contributed by atoms with E-state index in [0.717, 1.165) is 31.3 Å². The van der Waals surface area contributed by atoms with Crippen molar-refractivity contribution in [3.8, 4) is 0 Å². The molecule has 9 atom stereocenters. The molecule has 170 valence electrons. The van der Waals surface area contributed by atoms with Gasteiger partial charge in [-0.1, -0.05) is 46.1 Å². The molecule has 4 rings (SSSR count). The van der Waals surface area contributed by atoms with Crippen molar-refractivity contribution < 1.29 is 20.5 Å². The largest absolute Gasteiger partial charge is 0.396 e. The average molecular weight is 421 g/mol. The summed E-state index contributed by atoms with van der Waals surface area (Å²) in [5.41, 5.74) is 0.553. The summed E-state index contributed by atoms with van der Waals surface area (Å²) < 4.78 is 35.8. The second kappa shape index (κ2) is 8.35. The molecule has 3 saturated carbocycles. The van der Waals surface area contributed by atoms with Gasteiger partial charge in [0.1, 0.15) is 0 Å². The molecule has 0 saturated heterocycles. The molecule has 0 heterocycles. The summed E-state index contributed by atoms with van der Waals surface area (Å²) >= 11 is 0. The van der Waals surface area contributed by atoms with Crippen LogP contribution >= 0.6 is 0 Å². The van der Waals surface area contributed by atoms with Crippen LogP contribution in [-0.4, -0.2) is 28.7 Å². The average Bonchev–Trinajstić information content (AvgIpc) is 2.97. The Morgan fingerprint density at radius 2 is 2.00 bits per heavy atom. The minimum absolute atomic E-state index is 0.0250. The zero-order valence-corrected chi connectivity index (χ0v) is 19.3. The maximum absolute atomic E-state index is 13.5. The molecular formula is C27H44O3. The van der Waals surface area contributed by atoms with Gasteiger partial charge >= 0.3 is 0 Å². The highest BCUT2D eigenvalue weighted by Crippen LogP contribution is 2.66. The van der Waals surface area contributed by atoms with Crippen molar-refractivity contribution in [2.45, 2.75) is 97.9 Å². The van der Waals surface area contributed by atoms with Crippen molar-refractivity contribution in [1.29, 1.82) is 0 Å². The summed E-state index contributed by atoms with van der Waals surface area (Å²) in [5, 5.41) is 19.6. The Labute approximate surface area is 189 Å². The molecule has 3 nitrogen and oxygen atoms in total. The number of fused-ring (bicyclic) bond motifs is 5. The number of hydrogen-bond acceptors (Lipinski definition) is 3. The predicted octanol–water partition coefficient (Wildman–Crippen LogP) is 5.54. The molecule has 0 amide bonds. The summed E-state index contributed by atoms with van der Waals surface area (Å²) in [6.07, 6.45) is 3.41. The molecule has 30 heavy (non-hydrogen) atoms. The highest BCUT2D eigenvalue weighted by Gasteiger charge is 2.61. The van der Waals surface area contributed by atoms with E-state index in [0.29, 0.717) is 25.7 Å². The van der Waals surface area contributed by atoms with Crippen LogP contribution in [0.2, 0.25) is 0 Å². The van der Waals surface area contributed by atoms with Crippen molar-refractivity contribution in [1.82, 2.24) is 0 Å². The van der Waals surface area contributed by atoms with Crippen LogP contribution < -0.4 is 0 Å². The van der Waals surface area contributed by atoms with E-state index < -0.39 is 30.0 Å². The number of carbonyl (C=O) groups excluding carboxylic acids is 1. The zero-order chi connectivity index (χ0) is 25.3. The van der Waals surface area contributed by atoms with Crippen LogP contribution in [0.25, 0.3) is 0 Å².